The first-order chi connectivity index (χ1) is 21.5. The molecule has 0 radical (unpaired) electrons. The van der Waals surface area contributed by atoms with Crippen LogP contribution in [0.1, 0.15) is 49.7 Å². The summed E-state index contributed by atoms with van der Waals surface area (Å²) in [6.45, 7) is 3.83. The Balaban J connectivity index is 1.40. The van der Waals surface area contributed by atoms with Crippen molar-refractivity contribution in [3.8, 4) is 0 Å². The number of nitrogens with one attached hydrogen (secondary N) is 2. The monoisotopic (exact) mass is 609 g/mol. The highest BCUT2D eigenvalue weighted by Gasteiger charge is 2.29. The molecule has 2 unspecified atom stereocenters. The third-order valence-electron chi connectivity index (χ3n) is 8.91. The van der Waals surface area contributed by atoms with E-state index < -0.39 is 6.04 Å². The van der Waals surface area contributed by atoms with Crippen LogP contribution < -0.4 is 16.4 Å². The van der Waals surface area contributed by atoms with Crippen LogP contribution in [0.15, 0.2) is 84.9 Å². The van der Waals surface area contributed by atoms with E-state index in [9.17, 15) is 4.79 Å². The molecule has 1 heterocycles. The van der Waals surface area contributed by atoms with Gasteiger partial charge in [-0.15, -0.1) is 0 Å². The lowest BCUT2D eigenvalue weighted by atomic mass is 9.97. The number of fused-ring (bicyclic) bond motifs is 2. The molecular formula is C37H47N5OS. The van der Waals surface area contributed by atoms with Gasteiger partial charge in [0.05, 0.1) is 0 Å². The summed E-state index contributed by atoms with van der Waals surface area (Å²) in [6, 6.07) is 29.9. The van der Waals surface area contributed by atoms with E-state index in [4.69, 9.17) is 18.0 Å². The SMILES string of the molecule is CN(C(=S)N(CCC1CCCCN1)Cc1ccc2ccccc2c1)C(Cc1cccc2ccccc12)C(=O)NCCCCN. The number of likely N-dealkylation sites (N-methyl/N-ethyl adjacent to an activating group) is 1. The van der Waals surface area contributed by atoms with Gasteiger partial charge in [-0.25, -0.2) is 0 Å². The lowest BCUT2D eigenvalue weighted by molar-refractivity contribution is -0.124. The van der Waals surface area contributed by atoms with Crippen molar-refractivity contribution < 1.29 is 4.79 Å². The number of hydrogen-bond acceptors (Lipinski definition) is 4. The summed E-state index contributed by atoms with van der Waals surface area (Å²) in [4.78, 5) is 18.2. The normalized spacial score (nSPS) is 15.6. The number of rotatable bonds is 13. The van der Waals surface area contributed by atoms with Crippen LogP contribution in [0.3, 0.4) is 0 Å². The molecule has 4 aromatic carbocycles. The van der Waals surface area contributed by atoms with Crippen LogP contribution in [-0.4, -0.2) is 66.1 Å². The van der Waals surface area contributed by atoms with Gasteiger partial charge in [-0.1, -0.05) is 85.3 Å². The predicted octanol–water partition coefficient (Wildman–Crippen LogP) is 6.01. The Hall–Kier alpha value is -3.52. The summed E-state index contributed by atoms with van der Waals surface area (Å²) in [6.07, 6.45) is 7.03. The molecule has 1 saturated heterocycles. The van der Waals surface area contributed by atoms with E-state index in [0.29, 0.717) is 37.2 Å². The third-order valence-corrected chi connectivity index (χ3v) is 9.46. The van der Waals surface area contributed by atoms with E-state index >= 15 is 0 Å². The second-order valence-corrected chi connectivity index (χ2v) is 12.4. The Morgan fingerprint density at radius 2 is 1.75 bits per heavy atom. The summed E-state index contributed by atoms with van der Waals surface area (Å²) < 4.78 is 0. The van der Waals surface area contributed by atoms with Crippen molar-refractivity contribution in [2.24, 2.45) is 5.73 Å². The summed E-state index contributed by atoms with van der Waals surface area (Å²) in [5.74, 6) is -0.000548. The van der Waals surface area contributed by atoms with Crippen molar-refractivity contribution in [1.82, 2.24) is 20.4 Å². The van der Waals surface area contributed by atoms with Crippen molar-refractivity contribution in [2.75, 3.05) is 33.2 Å². The average Bonchev–Trinajstić information content (AvgIpc) is 3.07. The fraction of sp³-hybridized carbons (Fsp3) is 0.405. The fourth-order valence-corrected chi connectivity index (χ4v) is 6.60. The van der Waals surface area contributed by atoms with Crippen molar-refractivity contribution in [1.29, 1.82) is 0 Å². The topological polar surface area (TPSA) is 73.6 Å². The maximum Gasteiger partial charge on any atom is 0.243 e. The van der Waals surface area contributed by atoms with Crippen molar-refractivity contribution >= 4 is 44.8 Å². The Labute approximate surface area is 268 Å². The van der Waals surface area contributed by atoms with Crippen LogP contribution >= 0.6 is 12.2 Å². The lowest BCUT2D eigenvalue weighted by Gasteiger charge is -2.37. The number of thiocarbonyl (C=S) groups is 1. The van der Waals surface area contributed by atoms with Crippen molar-refractivity contribution in [2.45, 2.75) is 63.6 Å². The molecule has 44 heavy (non-hydrogen) atoms. The zero-order valence-corrected chi connectivity index (χ0v) is 26.8. The molecule has 5 rings (SSSR count). The molecule has 4 aromatic rings. The summed E-state index contributed by atoms with van der Waals surface area (Å²) in [5, 5.41) is 12.4. The molecule has 0 saturated carbocycles. The first-order valence-corrected chi connectivity index (χ1v) is 16.6. The fourth-order valence-electron chi connectivity index (χ4n) is 6.32. The zero-order chi connectivity index (χ0) is 30.7. The summed E-state index contributed by atoms with van der Waals surface area (Å²) >= 11 is 6.26. The quantitative estimate of drug-likeness (QED) is 0.127. The van der Waals surface area contributed by atoms with Gasteiger partial charge in [0, 0.05) is 39.1 Å². The Kier molecular flexibility index (Phi) is 11.6. The molecule has 0 spiro atoms. The molecule has 0 bridgehead atoms. The van der Waals surface area contributed by atoms with Gasteiger partial charge >= 0.3 is 0 Å². The number of piperidine rings is 1. The molecule has 7 heteroatoms. The molecular weight excluding hydrogens is 563 g/mol. The standard InChI is InChI=1S/C37H47N5OS/c1-41(35(36(43)40-23-9-7-21-38)26-32-15-10-14-30-12-4-5-17-34(30)32)37(44)42(24-20-33-16-6-8-22-39-33)27-28-18-19-29-11-2-3-13-31(29)25-28/h2-5,10-15,17-19,25,33,35,39H,6-9,16,20-24,26-27,38H2,1H3,(H,40,43). The van der Waals surface area contributed by atoms with Gasteiger partial charge in [-0.05, 0) is 96.1 Å². The van der Waals surface area contributed by atoms with Crippen LogP contribution in [-0.2, 0) is 17.8 Å². The molecule has 2 atom stereocenters. The Morgan fingerprint density at radius 3 is 2.55 bits per heavy atom. The first-order valence-electron chi connectivity index (χ1n) is 16.2. The molecule has 1 amide bonds. The number of hydrogen-bond donors (Lipinski definition) is 3. The van der Waals surface area contributed by atoms with Gasteiger partial charge < -0.3 is 26.2 Å². The highest BCUT2D eigenvalue weighted by atomic mass is 32.1. The Morgan fingerprint density at radius 1 is 0.977 bits per heavy atom. The second kappa shape index (κ2) is 16.0. The number of benzene rings is 4. The minimum Gasteiger partial charge on any atom is -0.354 e. The van der Waals surface area contributed by atoms with Gasteiger partial charge in [0.25, 0.3) is 0 Å². The van der Waals surface area contributed by atoms with Crippen LogP contribution in [0.5, 0.6) is 0 Å². The van der Waals surface area contributed by atoms with Gasteiger partial charge in [-0.3, -0.25) is 4.79 Å². The largest absolute Gasteiger partial charge is 0.354 e. The molecule has 1 aliphatic rings. The van der Waals surface area contributed by atoms with Crippen molar-refractivity contribution in [3.05, 3.63) is 96.1 Å². The molecule has 0 aromatic heterocycles. The minimum absolute atomic E-state index is 0.000548. The lowest BCUT2D eigenvalue weighted by Crippen LogP contribution is -2.53. The minimum atomic E-state index is -0.446. The van der Waals surface area contributed by atoms with E-state index in [1.807, 2.05) is 11.9 Å². The average molecular weight is 610 g/mol. The third kappa shape index (κ3) is 8.35. The van der Waals surface area contributed by atoms with Crippen molar-refractivity contribution in [3.63, 3.8) is 0 Å². The second-order valence-electron chi connectivity index (χ2n) is 12.1. The molecule has 6 nitrogen and oxygen atoms in total. The number of carbonyl (C=O) groups is 1. The molecule has 1 aliphatic heterocycles. The van der Waals surface area contributed by atoms with Gasteiger partial charge in [0.15, 0.2) is 5.11 Å². The molecule has 1 fully saturated rings. The molecule has 0 aliphatic carbocycles. The molecule has 4 N–H and O–H groups in total. The zero-order valence-electron chi connectivity index (χ0n) is 26.0. The first kappa shape index (κ1) is 31.9. The Bertz CT molecular complexity index is 1530. The van der Waals surface area contributed by atoms with Crippen LogP contribution in [0.25, 0.3) is 21.5 Å². The van der Waals surface area contributed by atoms with Crippen LogP contribution in [0.4, 0.5) is 0 Å². The predicted molar refractivity (Wildman–Crippen MR) is 188 cm³/mol. The van der Waals surface area contributed by atoms with Gasteiger partial charge in [-0.2, -0.15) is 0 Å². The number of carbonyl (C=O) groups excluding carboxylic acids is 1. The highest BCUT2D eigenvalue weighted by Crippen LogP contribution is 2.23. The maximum atomic E-state index is 13.9. The van der Waals surface area contributed by atoms with E-state index in [1.54, 1.807) is 0 Å². The van der Waals surface area contributed by atoms with E-state index in [0.717, 1.165) is 37.9 Å². The van der Waals surface area contributed by atoms with E-state index in [2.05, 4.69) is 100 Å². The summed E-state index contributed by atoms with van der Waals surface area (Å²) in [5.41, 5.74) is 8.07. The van der Waals surface area contributed by atoms with Crippen LogP contribution in [0, 0.1) is 0 Å². The maximum absolute atomic E-state index is 13.9. The summed E-state index contributed by atoms with van der Waals surface area (Å²) in [7, 11) is 1.99. The smallest absolute Gasteiger partial charge is 0.243 e. The van der Waals surface area contributed by atoms with E-state index in [-0.39, 0.29) is 5.91 Å². The number of nitrogens with zero attached hydrogens (tertiary/aromatic N) is 2. The van der Waals surface area contributed by atoms with Gasteiger partial charge in [0.2, 0.25) is 5.91 Å². The van der Waals surface area contributed by atoms with Crippen LogP contribution in [0.2, 0.25) is 0 Å². The number of nitrogens with two attached hydrogens (primary N) is 1. The highest BCUT2D eigenvalue weighted by molar-refractivity contribution is 7.80. The molecule has 232 valence electrons. The van der Waals surface area contributed by atoms with E-state index in [1.165, 1.54) is 46.4 Å². The van der Waals surface area contributed by atoms with Gasteiger partial charge in [0.1, 0.15) is 6.04 Å². The number of unbranched alkanes of at least 4 members (excludes halogenated alkanes) is 1. The number of amides is 1.